The number of aryl methyl sites for hydroxylation is 1. The first-order chi connectivity index (χ1) is 9.58. The van der Waals surface area contributed by atoms with Crippen molar-refractivity contribution in [1.29, 1.82) is 0 Å². The molecule has 8 nitrogen and oxygen atoms in total. The van der Waals surface area contributed by atoms with E-state index in [2.05, 4.69) is 15.4 Å². The summed E-state index contributed by atoms with van der Waals surface area (Å²) in [5, 5.41) is 12.1. The Morgan fingerprint density at radius 3 is 2.75 bits per heavy atom. The molecule has 108 valence electrons. The van der Waals surface area contributed by atoms with E-state index in [1.165, 1.54) is 7.11 Å². The van der Waals surface area contributed by atoms with E-state index in [1.807, 2.05) is 6.92 Å². The summed E-state index contributed by atoms with van der Waals surface area (Å²) < 4.78 is 13.2. The molecule has 0 aliphatic carbocycles. The summed E-state index contributed by atoms with van der Waals surface area (Å²) in [4.78, 5) is 11.8. The molecule has 0 aliphatic rings. The molecule has 0 saturated heterocycles. The molecule has 0 amide bonds. The maximum Gasteiger partial charge on any atom is 0.360 e. The first-order valence-electron chi connectivity index (χ1n) is 6.10. The lowest BCUT2D eigenvalue weighted by Gasteiger charge is -2.13. The van der Waals surface area contributed by atoms with Crippen LogP contribution in [0, 0.1) is 0 Å². The molecule has 0 bridgehead atoms. The molecular formula is C12H17N5O3. The predicted octanol–water partition coefficient (Wildman–Crippen LogP) is 0.673. The van der Waals surface area contributed by atoms with Gasteiger partial charge in [-0.15, -0.1) is 5.10 Å². The topological polar surface area (TPSA) is 84.1 Å². The fourth-order valence-electron chi connectivity index (χ4n) is 1.96. The van der Waals surface area contributed by atoms with Gasteiger partial charge in [0.2, 0.25) is 0 Å². The molecule has 0 spiro atoms. The van der Waals surface area contributed by atoms with Crippen LogP contribution >= 0.6 is 0 Å². The van der Waals surface area contributed by atoms with Gasteiger partial charge in [0.25, 0.3) is 0 Å². The second-order valence-electron chi connectivity index (χ2n) is 4.43. The maximum atomic E-state index is 11.8. The number of hydrogen-bond donors (Lipinski definition) is 0. The zero-order valence-electron chi connectivity index (χ0n) is 11.9. The molecule has 0 fully saturated rings. The highest BCUT2D eigenvalue weighted by atomic mass is 16.5. The van der Waals surface area contributed by atoms with Gasteiger partial charge in [0.15, 0.2) is 5.69 Å². The molecule has 1 atom stereocenters. The van der Waals surface area contributed by atoms with Gasteiger partial charge >= 0.3 is 5.97 Å². The number of carbonyl (C=O) groups excluding carboxylic acids is 1. The number of aromatic nitrogens is 5. The molecule has 0 N–H and O–H groups in total. The summed E-state index contributed by atoms with van der Waals surface area (Å²) in [7, 11) is 4.72. The van der Waals surface area contributed by atoms with Gasteiger partial charge in [0.05, 0.1) is 26.0 Å². The second-order valence-corrected chi connectivity index (χ2v) is 4.43. The van der Waals surface area contributed by atoms with Crippen LogP contribution in [-0.4, -0.2) is 51.6 Å². The number of esters is 1. The van der Waals surface area contributed by atoms with Crippen LogP contribution in [0.25, 0.3) is 11.3 Å². The van der Waals surface area contributed by atoms with Crippen LogP contribution in [0.2, 0.25) is 0 Å². The first kappa shape index (κ1) is 14.2. The molecule has 0 aromatic carbocycles. The van der Waals surface area contributed by atoms with Crippen molar-refractivity contribution in [2.45, 2.75) is 13.0 Å². The molecule has 2 rings (SSSR count). The standard InChI is InChI=1S/C12H17N5O3/c1-8(7-19-3)17-11(9-5-13-16(2)6-9)10(14-15-17)12(18)20-4/h5-6,8H,7H2,1-4H3. The second kappa shape index (κ2) is 5.83. The van der Waals surface area contributed by atoms with E-state index in [0.29, 0.717) is 12.3 Å². The Bertz CT molecular complexity index is 604. The fraction of sp³-hybridized carbons (Fsp3) is 0.500. The Hall–Kier alpha value is -2.22. The molecule has 20 heavy (non-hydrogen) atoms. The lowest BCUT2D eigenvalue weighted by molar-refractivity contribution is 0.0595. The Morgan fingerprint density at radius 2 is 2.20 bits per heavy atom. The van der Waals surface area contributed by atoms with Crippen molar-refractivity contribution in [3.63, 3.8) is 0 Å². The average molecular weight is 279 g/mol. The molecule has 0 saturated carbocycles. The molecule has 1 unspecified atom stereocenters. The monoisotopic (exact) mass is 279 g/mol. The first-order valence-corrected chi connectivity index (χ1v) is 6.10. The van der Waals surface area contributed by atoms with Gasteiger partial charge in [-0.25, -0.2) is 9.48 Å². The summed E-state index contributed by atoms with van der Waals surface area (Å²) in [5.41, 5.74) is 1.50. The lowest BCUT2D eigenvalue weighted by atomic mass is 10.2. The van der Waals surface area contributed by atoms with E-state index in [1.54, 1.807) is 35.9 Å². The molecule has 0 radical (unpaired) electrons. The van der Waals surface area contributed by atoms with Gasteiger partial charge in [-0.3, -0.25) is 4.68 Å². The van der Waals surface area contributed by atoms with Gasteiger partial charge in [-0.1, -0.05) is 5.21 Å². The minimum atomic E-state index is -0.528. The molecule has 8 heteroatoms. The number of rotatable bonds is 5. The van der Waals surface area contributed by atoms with E-state index in [-0.39, 0.29) is 11.7 Å². The van der Waals surface area contributed by atoms with Crippen LogP contribution in [-0.2, 0) is 16.5 Å². The highest BCUT2D eigenvalue weighted by molar-refractivity contribution is 5.93. The average Bonchev–Trinajstić information content (AvgIpc) is 3.03. The third-order valence-corrected chi connectivity index (χ3v) is 2.88. The third-order valence-electron chi connectivity index (χ3n) is 2.88. The van der Waals surface area contributed by atoms with E-state index in [4.69, 9.17) is 9.47 Å². The Labute approximate surface area is 116 Å². The summed E-state index contributed by atoms with van der Waals surface area (Å²) in [6, 6.07) is -0.0684. The van der Waals surface area contributed by atoms with Crippen LogP contribution in [0.1, 0.15) is 23.5 Å². The van der Waals surface area contributed by atoms with Crippen molar-refractivity contribution < 1.29 is 14.3 Å². The van der Waals surface area contributed by atoms with Crippen molar-refractivity contribution in [3.8, 4) is 11.3 Å². The van der Waals surface area contributed by atoms with Crippen molar-refractivity contribution in [2.75, 3.05) is 20.8 Å². The smallest absolute Gasteiger partial charge is 0.360 e. The minimum Gasteiger partial charge on any atom is -0.464 e. The van der Waals surface area contributed by atoms with Crippen LogP contribution in [0.4, 0.5) is 0 Å². The van der Waals surface area contributed by atoms with Crippen molar-refractivity contribution >= 4 is 5.97 Å². The van der Waals surface area contributed by atoms with Gasteiger partial charge in [-0.05, 0) is 6.92 Å². The summed E-state index contributed by atoms with van der Waals surface area (Å²) in [5.74, 6) is -0.528. The zero-order chi connectivity index (χ0) is 14.7. The van der Waals surface area contributed by atoms with E-state index in [0.717, 1.165) is 5.56 Å². The predicted molar refractivity (Wildman–Crippen MR) is 70.2 cm³/mol. The maximum absolute atomic E-state index is 11.8. The van der Waals surface area contributed by atoms with Gasteiger partial charge in [0.1, 0.15) is 5.69 Å². The summed E-state index contributed by atoms with van der Waals surface area (Å²) in [6.45, 7) is 2.39. The fourth-order valence-corrected chi connectivity index (χ4v) is 1.96. The van der Waals surface area contributed by atoms with Crippen LogP contribution in [0.3, 0.4) is 0 Å². The van der Waals surface area contributed by atoms with Gasteiger partial charge in [0, 0.05) is 25.9 Å². The normalized spacial score (nSPS) is 12.4. The highest BCUT2D eigenvalue weighted by Gasteiger charge is 2.25. The molecule has 0 aliphatic heterocycles. The number of hydrogen-bond acceptors (Lipinski definition) is 6. The third kappa shape index (κ3) is 2.55. The van der Waals surface area contributed by atoms with Gasteiger partial charge < -0.3 is 9.47 Å². The van der Waals surface area contributed by atoms with Crippen LogP contribution < -0.4 is 0 Å². The number of nitrogens with zero attached hydrogens (tertiary/aromatic N) is 5. The van der Waals surface area contributed by atoms with Gasteiger partial charge in [-0.2, -0.15) is 5.10 Å². The molecule has 2 heterocycles. The largest absolute Gasteiger partial charge is 0.464 e. The quantitative estimate of drug-likeness (QED) is 0.748. The molecule has 2 aromatic heterocycles. The van der Waals surface area contributed by atoms with Crippen molar-refractivity contribution in [3.05, 3.63) is 18.1 Å². The SMILES string of the molecule is COCC(C)n1nnc(C(=O)OC)c1-c1cnn(C)c1. The summed E-state index contributed by atoms with van der Waals surface area (Å²) in [6.07, 6.45) is 3.45. The highest BCUT2D eigenvalue weighted by Crippen LogP contribution is 2.25. The molecule has 2 aromatic rings. The molecular weight excluding hydrogens is 262 g/mol. The summed E-state index contributed by atoms with van der Waals surface area (Å²) >= 11 is 0. The van der Waals surface area contributed by atoms with Crippen molar-refractivity contribution in [1.82, 2.24) is 24.8 Å². The van der Waals surface area contributed by atoms with Crippen molar-refractivity contribution in [2.24, 2.45) is 7.05 Å². The Morgan fingerprint density at radius 1 is 1.45 bits per heavy atom. The zero-order valence-corrected chi connectivity index (χ0v) is 11.9. The number of carbonyl (C=O) groups is 1. The van der Waals surface area contributed by atoms with Crippen LogP contribution in [0.15, 0.2) is 12.4 Å². The van der Waals surface area contributed by atoms with E-state index in [9.17, 15) is 4.79 Å². The lowest BCUT2D eigenvalue weighted by Crippen LogP contribution is -2.14. The number of ether oxygens (including phenoxy) is 2. The Kier molecular flexibility index (Phi) is 4.14. The van der Waals surface area contributed by atoms with E-state index >= 15 is 0 Å². The Balaban J connectivity index is 2.53. The minimum absolute atomic E-state index is 0.0684. The van der Waals surface area contributed by atoms with E-state index < -0.39 is 5.97 Å². The number of methoxy groups -OCH3 is 2. The van der Waals surface area contributed by atoms with Crippen LogP contribution in [0.5, 0.6) is 0 Å².